The Balaban J connectivity index is 1.56. The van der Waals surface area contributed by atoms with Crippen LogP contribution in [0.3, 0.4) is 0 Å². The number of halogens is 1. The van der Waals surface area contributed by atoms with E-state index < -0.39 is 0 Å². The van der Waals surface area contributed by atoms with E-state index in [1.54, 1.807) is 6.07 Å². The molecule has 134 valence electrons. The third kappa shape index (κ3) is 4.67. The van der Waals surface area contributed by atoms with E-state index in [0.717, 1.165) is 32.4 Å². The minimum Gasteiger partial charge on any atom is -0.338 e. The van der Waals surface area contributed by atoms with Gasteiger partial charge in [-0.15, -0.1) is 11.3 Å². The molecule has 0 aliphatic rings. The summed E-state index contributed by atoms with van der Waals surface area (Å²) in [6.07, 6.45) is 0.681. The molecule has 0 radical (unpaired) electrons. The minimum atomic E-state index is -0.272. The number of aromatic nitrogens is 1. The predicted molar refractivity (Wildman–Crippen MR) is 104 cm³/mol. The largest absolute Gasteiger partial charge is 0.338 e. The van der Waals surface area contributed by atoms with Gasteiger partial charge in [-0.1, -0.05) is 24.3 Å². The van der Waals surface area contributed by atoms with E-state index in [0.29, 0.717) is 13.0 Å². The summed E-state index contributed by atoms with van der Waals surface area (Å²) >= 11 is 1.53. The SMILES string of the molecule is Cc1cccc(NC(=O)NCCc2sc(-c3cccc(F)c3)nc2C)c1. The smallest absolute Gasteiger partial charge is 0.319 e. The Hall–Kier alpha value is -2.73. The Morgan fingerprint density at radius 3 is 2.73 bits per heavy atom. The number of nitrogens with one attached hydrogen (secondary N) is 2. The molecule has 3 rings (SSSR count). The lowest BCUT2D eigenvalue weighted by Crippen LogP contribution is -2.30. The van der Waals surface area contributed by atoms with Crippen LogP contribution in [-0.2, 0) is 6.42 Å². The number of rotatable bonds is 5. The zero-order chi connectivity index (χ0) is 18.5. The molecule has 26 heavy (non-hydrogen) atoms. The maximum Gasteiger partial charge on any atom is 0.319 e. The van der Waals surface area contributed by atoms with Crippen molar-refractivity contribution in [2.24, 2.45) is 0 Å². The van der Waals surface area contributed by atoms with Crippen LogP contribution < -0.4 is 10.6 Å². The fourth-order valence-corrected chi connectivity index (χ4v) is 3.65. The van der Waals surface area contributed by atoms with Gasteiger partial charge in [0.1, 0.15) is 10.8 Å². The third-order valence-corrected chi connectivity index (χ3v) is 5.14. The molecule has 6 heteroatoms. The van der Waals surface area contributed by atoms with E-state index in [-0.39, 0.29) is 11.8 Å². The molecule has 2 amide bonds. The molecule has 0 saturated heterocycles. The molecular weight excluding hydrogens is 349 g/mol. The van der Waals surface area contributed by atoms with Crippen molar-refractivity contribution in [3.63, 3.8) is 0 Å². The zero-order valence-corrected chi connectivity index (χ0v) is 15.5. The molecule has 3 aromatic rings. The highest BCUT2D eigenvalue weighted by Gasteiger charge is 2.10. The number of carbonyl (C=O) groups is 1. The van der Waals surface area contributed by atoms with Gasteiger partial charge in [-0.05, 0) is 43.7 Å². The lowest BCUT2D eigenvalue weighted by atomic mass is 10.2. The highest BCUT2D eigenvalue weighted by Crippen LogP contribution is 2.28. The predicted octanol–water partition coefficient (Wildman–Crippen LogP) is 4.93. The van der Waals surface area contributed by atoms with Crippen LogP contribution in [0, 0.1) is 19.7 Å². The van der Waals surface area contributed by atoms with E-state index in [4.69, 9.17) is 0 Å². The summed E-state index contributed by atoms with van der Waals surface area (Å²) in [6.45, 7) is 4.41. The number of nitrogens with zero attached hydrogens (tertiary/aromatic N) is 1. The second kappa shape index (κ2) is 8.10. The van der Waals surface area contributed by atoms with Gasteiger partial charge in [-0.25, -0.2) is 14.2 Å². The molecule has 1 aromatic heterocycles. The number of amides is 2. The van der Waals surface area contributed by atoms with Gasteiger partial charge in [0, 0.05) is 29.1 Å². The molecule has 0 fully saturated rings. The van der Waals surface area contributed by atoms with Crippen LogP contribution >= 0.6 is 11.3 Å². The monoisotopic (exact) mass is 369 g/mol. The molecule has 0 atom stereocenters. The number of urea groups is 1. The van der Waals surface area contributed by atoms with Gasteiger partial charge in [0.15, 0.2) is 0 Å². The van der Waals surface area contributed by atoms with Gasteiger partial charge in [-0.2, -0.15) is 0 Å². The molecule has 0 spiro atoms. The Kier molecular flexibility index (Phi) is 5.63. The number of anilines is 1. The van der Waals surface area contributed by atoms with E-state index in [1.807, 2.05) is 44.2 Å². The Labute approximate surface area is 156 Å². The second-order valence-corrected chi connectivity index (χ2v) is 7.12. The van der Waals surface area contributed by atoms with Gasteiger partial charge in [-0.3, -0.25) is 0 Å². The first-order chi connectivity index (χ1) is 12.5. The van der Waals surface area contributed by atoms with Gasteiger partial charge < -0.3 is 10.6 Å². The van der Waals surface area contributed by atoms with Crippen molar-refractivity contribution < 1.29 is 9.18 Å². The van der Waals surface area contributed by atoms with Crippen LogP contribution in [0.1, 0.15) is 16.1 Å². The van der Waals surface area contributed by atoms with E-state index in [9.17, 15) is 9.18 Å². The summed E-state index contributed by atoms with van der Waals surface area (Å²) in [6, 6.07) is 13.8. The summed E-state index contributed by atoms with van der Waals surface area (Å²) < 4.78 is 13.4. The van der Waals surface area contributed by atoms with E-state index in [1.165, 1.54) is 23.5 Å². The Bertz CT molecular complexity index is 923. The minimum absolute atomic E-state index is 0.233. The van der Waals surface area contributed by atoms with Crippen molar-refractivity contribution >= 4 is 23.1 Å². The first-order valence-electron chi connectivity index (χ1n) is 8.35. The Morgan fingerprint density at radius 2 is 1.96 bits per heavy atom. The van der Waals surface area contributed by atoms with E-state index in [2.05, 4.69) is 15.6 Å². The lowest BCUT2D eigenvalue weighted by molar-refractivity contribution is 0.252. The first kappa shape index (κ1) is 18.1. The van der Waals surface area contributed by atoms with Gasteiger partial charge in [0.25, 0.3) is 0 Å². The van der Waals surface area contributed by atoms with Crippen molar-refractivity contribution in [3.05, 3.63) is 70.5 Å². The zero-order valence-electron chi connectivity index (χ0n) is 14.7. The van der Waals surface area contributed by atoms with Crippen molar-refractivity contribution in [3.8, 4) is 10.6 Å². The van der Waals surface area contributed by atoms with Crippen molar-refractivity contribution in [2.75, 3.05) is 11.9 Å². The quantitative estimate of drug-likeness (QED) is 0.670. The van der Waals surface area contributed by atoms with Crippen molar-refractivity contribution in [2.45, 2.75) is 20.3 Å². The fourth-order valence-electron chi connectivity index (χ4n) is 2.59. The topological polar surface area (TPSA) is 54.0 Å². The molecule has 1 heterocycles. The molecular formula is C20H20FN3OS. The molecule has 0 unspecified atom stereocenters. The molecule has 0 saturated carbocycles. The summed E-state index contributed by atoms with van der Waals surface area (Å²) in [4.78, 5) is 17.6. The molecule has 2 N–H and O–H groups in total. The van der Waals surface area contributed by atoms with Crippen LogP contribution in [0.15, 0.2) is 48.5 Å². The van der Waals surface area contributed by atoms with Crippen LogP contribution in [0.25, 0.3) is 10.6 Å². The molecule has 0 aliphatic heterocycles. The average Bonchev–Trinajstić information content (AvgIpc) is 2.96. The Morgan fingerprint density at radius 1 is 1.15 bits per heavy atom. The summed E-state index contributed by atoms with van der Waals surface area (Å²) in [5, 5.41) is 6.46. The summed E-state index contributed by atoms with van der Waals surface area (Å²) in [7, 11) is 0. The number of thiazole rings is 1. The van der Waals surface area contributed by atoms with E-state index >= 15 is 0 Å². The number of aryl methyl sites for hydroxylation is 2. The van der Waals surface area contributed by atoms with Crippen LogP contribution in [0.4, 0.5) is 14.9 Å². The highest BCUT2D eigenvalue weighted by atomic mass is 32.1. The number of benzene rings is 2. The summed E-state index contributed by atoms with van der Waals surface area (Å²) in [5.41, 5.74) is 3.54. The fraction of sp³-hybridized carbons (Fsp3) is 0.200. The third-order valence-electron chi connectivity index (χ3n) is 3.88. The van der Waals surface area contributed by atoms with Crippen LogP contribution in [-0.4, -0.2) is 17.6 Å². The second-order valence-electron chi connectivity index (χ2n) is 6.04. The molecule has 0 aliphatic carbocycles. The number of carbonyl (C=O) groups excluding carboxylic acids is 1. The van der Waals surface area contributed by atoms with Crippen LogP contribution in [0.5, 0.6) is 0 Å². The van der Waals surface area contributed by atoms with Gasteiger partial charge >= 0.3 is 6.03 Å². The molecule has 0 bridgehead atoms. The molecule has 4 nitrogen and oxygen atoms in total. The molecule has 2 aromatic carbocycles. The summed E-state index contributed by atoms with van der Waals surface area (Å²) in [5.74, 6) is -0.272. The average molecular weight is 369 g/mol. The highest BCUT2D eigenvalue weighted by molar-refractivity contribution is 7.15. The van der Waals surface area contributed by atoms with Gasteiger partial charge in [0.2, 0.25) is 0 Å². The van der Waals surface area contributed by atoms with Crippen molar-refractivity contribution in [1.82, 2.24) is 10.3 Å². The van der Waals surface area contributed by atoms with Gasteiger partial charge in [0.05, 0.1) is 5.69 Å². The standard InChI is InChI=1S/C20H20FN3OS/c1-13-5-3-8-17(11-13)24-20(25)22-10-9-18-14(2)23-19(26-18)15-6-4-7-16(21)12-15/h3-8,11-12H,9-10H2,1-2H3,(H2,22,24,25). The van der Waals surface area contributed by atoms with Crippen molar-refractivity contribution in [1.29, 1.82) is 0 Å². The number of hydrogen-bond donors (Lipinski definition) is 2. The lowest BCUT2D eigenvalue weighted by Gasteiger charge is -2.07. The maximum absolute atomic E-state index is 13.4. The maximum atomic E-state index is 13.4. The van der Waals surface area contributed by atoms with Crippen LogP contribution in [0.2, 0.25) is 0 Å². The normalized spacial score (nSPS) is 10.6. The number of hydrogen-bond acceptors (Lipinski definition) is 3. The first-order valence-corrected chi connectivity index (χ1v) is 9.16.